The molecule has 1 saturated heterocycles. The number of carbonyl (C=O) groups excluding carboxylic acids is 2. The van der Waals surface area contributed by atoms with E-state index >= 15 is 0 Å². The molecule has 4 heteroatoms. The molecule has 2 N–H and O–H groups in total. The zero-order valence-corrected chi connectivity index (χ0v) is 6.18. The molecular formula is C7H9NO3. The number of imide groups is 1. The predicted octanol–water partition coefficient (Wildman–Crippen LogP) is 0.255. The maximum atomic E-state index is 10.9. The first-order valence-corrected chi connectivity index (χ1v) is 3.34. The molecule has 0 atom stereocenters. The van der Waals surface area contributed by atoms with Crippen molar-refractivity contribution in [3.05, 3.63) is 11.3 Å². The monoisotopic (exact) mass is 155 g/mol. The summed E-state index contributed by atoms with van der Waals surface area (Å²) in [5.41, 5.74) is 0.310. The first-order chi connectivity index (χ1) is 5.11. The highest BCUT2D eigenvalue weighted by Gasteiger charge is 2.21. The Hall–Kier alpha value is -1.32. The lowest BCUT2D eigenvalue weighted by molar-refractivity contribution is -0.130. The number of aliphatic hydroxyl groups is 1. The van der Waals surface area contributed by atoms with Crippen LogP contribution in [0.2, 0.25) is 0 Å². The van der Waals surface area contributed by atoms with Gasteiger partial charge in [0.15, 0.2) is 0 Å². The number of rotatable bonds is 0. The molecule has 0 radical (unpaired) electrons. The molecule has 1 heterocycles. The van der Waals surface area contributed by atoms with Gasteiger partial charge in [-0.25, -0.2) is 0 Å². The van der Waals surface area contributed by atoms with Crippen LogP contribution in [0.3, 0.4) is 0 Å². The first-order valence-electron chi connectivity index (χ1n) is 3.34. The first kappa shape index (κ1) is 7.78. The van der Waals surface area contributed by atoms with Gasteiger partial charge in [0.1, 0.15) is 0 Å². The number of carbonyl (C=O) groups is 2. The molecule has 0 bridgehead atoms. The summed E-state index contributed by atoms with van der Waals surface area (Å²) in [4.78, 5) is 21.5. The van der Waals surface area contributed by atoms with E-state index < -0.39 is 5.91 Å². The van der Waals surface area contributed by atoms with Gasteiger partial charge in [-0.3, -0.25) is 14.9 Å². The Bertz CT molecular complexity index is 238. The molecule has 1 rings (SSSR count). The van der Waals surface area contributed by atoms with Crippen LogP contribution in [0.5, 0.6) is 0 Å². The molecule has 0 aromatic heterocycles. The second kappa shape index (κ2) is 2.74. The van der Waals surface area contributed by atoms with E-state index in [1.165, 1.54) is 6.92 Å². The minimum absolute atomic E-state index is 0.00463. The van der Waals surface area contributed by atoms with E-state index in [1.807, 2.05) is 0 Å². The van der Waals surface area contributed by atoms with Crippen molar-refractivity contribution >= 4 is 11.8 Å². The van der Waals surface area contributed by atoms with Crippen molar-refractivity contribution in [2.24, 2.45) is 0 Å². The van der Waals surface area contributed by atoms with Crippen molar-refractivity contribution in [1.29, 1.82) is 0 Å². The van der Waals surface area contributed by atoms with Crippen LogP contribution >= 0.6 is 0 Å². The predicted molar refractivity (Wildman–Crippen MR) is 37.7 cm³/mol. The van der Waals surface area contributed by atoms with Gasteiger partial charge in [-0.1, -0.05) is 0 Å². The van der Waals surface area contributed by atoms with Gasteiger partial charge in [0.25, 0.3) is 5.91 Å². The molecule has 0 spiro atoms. The van der Waals surface area contributed by atoms with Crippen LogP contribution in [0.15, 0.2) is 11.3 Å². The average molecular weight is 155 g/mol. The van der Waals surface area contributed by atoms with Crippen molar-refractivity contribution in [3.8, 4) is 0 Å². The van der Waals surface area contributed by atoms with Crippen LogP contribution in [-0.4, -0.2) is 16.9 Å². The van der Waals surface area contributed by atoms with Crippen molar-refractivity contribution in [2.45, 2.75) is 19.8 Å². The molecule has 0 aromatic carbocycles. The lowest BCUT2D eigenvalue weighted by atomic mass is 10.0. The zero-order chi connectivity index (χ0) is 8.43. The Morgan fingerprint density at radius 3 is 2.55 bits per heavy atom. The van der Waals surface area contributed by atoms with Crippen LogP contribution in [0, 0.1) is 0 Å². The minimum Gasteiger partial charge on any atom is -0.512 e. The highest BCUT2D eigenvalue weighted by molar-refractivity contribution is 6.07. The van der Waals surface area contributed by atoms with Crippen LogP contribution in [0.4, 0.5) is 0 Å². The minimum atomic E-state index is -0.471. The standard InChI is InChI=1S/C7H9NO3/c1-4(9)5-2-3-6(10)8-7(5)11/h9H,2-3H2,1H3,(H,8,10,11). The highest BCUT2D eigenvalue weighted by Crippen LogP contribution is 2.13. The highest BCUT2D eigenvalue weighted by atomic mass is 16.3. The number of aliphatic hydroxyl groups excluding tert-OH is 1. The van der Waals surface area contributed by atoms with E-state index in [-0.39, 0.29) is 18.1 Å². The number of amides is 2. The van der Waals surface area contributed by atoms with Crippen molar-refractivity contribution in [1.82, 2.24) is 5.32 Å². The summed E-state index contributed by atoms with van der Waals surface area (Å²) in [6, 6.07) is 0. The molecule has 0 aliphatic carbocycles. The molecule has 1 aliphatic rings. The smallest absolute Gasteiger partial charge is 0.257 e. The number of allylic oxidation sites excluding steroid dienone is 1. The summed E-state index contributed by atoms with van der Waals surface area (Å²) in [6.07, 6.45) is 0.617. The number of hydrogen-bond donors (Lipinski definition) is 2. The van der Waals surface area contributed by atoms with E-state index in [0.29, 0.717) is 12.0 Å². The average Bonchev–Trinajstić information content (AvgIpc) is 1.85. The van der Waals surface area contributed by atoms with Gasteiger partial charge in [0.2, 0.25) is 5.91 Å². The molecule has 1 fully saturated rings. The van der Waals surface area contributed by atoms with Gasteiger partial charge in [-0.15, -0.1) is 0 Å². The Morgan fingerprint density at radius 1 is 1.45 bits per heavy atom. The molecule has 60 valence electrons. The van der Waals surface area contributed by atoms with E-state index in [4.69, 9.17) is 5.11 Å². The second-order valence-electron chi connectivity index (χ2n) is 2.44. The Morgan fingerprint density at radius 2 is 2.09 bits per heavy atom. The molecule has 0 unspecified atom stereocenters. The van der Waals surface area contributed by atoms with Gasteiger partial charge in [0, 0.05) is 6.42 Å². The molecule has 4 nitrogen and oxygen atoms in total. The molecule has 11 heavy (non-hydrogen) atoms. The quantitative estimate of drug-likeness (QED) is 0.299. The van der Waals surface area contributed by atoms with E-state index in [2.05, 4.69) is 5.32 Å². The van der Waals surface area contributed by atoms with Gasteiger partial charge in [-0.05, 0) is 13.3 Å². The lowest BCUT2D eigenvalue weighted by Crippen LogP contribution is -2.36. The lowest BCUT2D eigenvalue weighted by Gasteiger charge is -2.13. The Kier molecular flexibility index (Phi) is 1.94. The summed E-state index contributed by atoms with van der Waals surface area (Å²) in [6.45, 7) is 1.44. The third kappa shape index (κ3) is 1.58. The van der Waals surface area contributed by atoms with Crippen LogP contribution in [-0.2, 0) is 9.59 Å². The molecular weight excluding hydrogens is 146 g/mol. The fraction of sp³-hybridized carbons (Fsp3) is 0.429. The van der Waals surface area contributed by atoms with Crippen molar-refractivity contribution < 1.29 is 14.7 Å². The van der Waals surface area contributed by atoms with Gasteiger partial charge in [0.05, 0.1) is 11.3 Å². The topological polar surface area (TPSA) is 66.4 Å². The summed E-state index contributed by atoms with van der Waals surface area (Å²) in [5.74, 6) is -0.753. The fourth-order valence-corrected chi connectivity index (χ4v) is 0.962. The third-order valence-electron chi connectivity index (χ3n) is 1.57. The normalized spacial score (nSPS) is 23.0. The number of piperidine rings is 1. The SMILES string of the molecule is CC(O)=C1CCC(=O)NC1=O. The second-order valence-corrected chi connectivity index (χ2v) is 2.44. The van der Waals surface area contributed by atoms with Crippen molar-refractivity contribution in [2.75, 3.05) is 0 Å². The summed E-state index contributed by atoms with van der Waals surface area (Å²) in [7, 11) is 0. The molecule has 1 aliphatic heterocycles. The zero-order valence-electron chi connectivity index (χ0n) is 6.18. The molecule has 0 saturated carbocycles. The maximum absolute atomic E-state index is 10.9. The maximum Gasteiger partial charge on any atom is 0.257 e. The summed E-state index contributed by atoms with van der Waals surface area (Å²) >= 11 is 0. The van der Waals surface area contributed by atoms with Gasteiger partial charge >= 0.3 is 0 Å². The van der Waals surface area contributed by atoms with Crippen LogP contribution < -0.4 is 5.32 Å². The Balaban J connectivity index is 2.81. The number of nitrogens with one attached hydrogen (secondary N) is 1. The van der Waals surface area contributed by atoms with Crippen molar-refractivity contribution in [3.63, 3.8) is 0 Å². The largest absolute Gasteiger partial charge is 0.512 e. The van der Waals surface area contributed by atoms with Gasteiger partial charge in [-0.2, -0.15) is 0 Å². The van der Waals surface area contributed by atoms with Crippen LogP contribution in [0.1, 0.15) is 19.8 Å². The fourth-order valence-electron chi connectivity index (χ4n) is 0.962. The Labute approximate surface area is 63.9 Å². The van der Waals surface area contributed by atoms with Gasteiger partial charge < -0.3 is 5.11 Å². The van der Waals surface area contributed by atoms with Crippen LogP contribution in [0.25, 0.3) is 0 Å². The summed E-state index contributed by atoms with van der Waals surface area (Å²) < 4.78 is 0. The number of hydrogen-bond acceptors (Lipinski definition) is 3. The molecule has 0 aromatic rings. The summed E-state index contributed by atoms with van der Waals surface area (Å²) in [5, 5.41) is 11.1. The van der Waals surface area contributed by atoms with E-state index in [1.54, 1.807) is 0 Å². The third-order valence-corrected chi connectivity index (χ3v) is 1.57. The van der Waals surface area contributed by atoms with E-state index in [0.717, 1.165) is 0 Å². The molecule has 2 amide bonds. The van der Waals surface area contributed by atoms with E-state index in [9.17, 15) is 9.59 Å².